The molecular weight excluding hydrogens is 198 g/mol. The van der Waals surface area contributed by atoms with Crippen molar-refractivity contribution in [3.8, 4) is 11.5 Å². The Labute approximate surface area is 89.9 Å². The van der Waals surface area contributed by atoms with Crippen molar-refractivity contribution in [2.45, 2.75) is 12.4 Å². The highest BCUT2D eigenvalue weighted by atomic mass is 16.5. The van der Waals surface area contributed by atoms with Crippen molar-refractivity contribution in [3.05, 3.63) is 23.8 Å². The maximum Gasteiger partial charge on any atom is 0.322 e. The molecule has 0 radical (unpaired) electrons. The third-order valence-electron chi connectivity index (χ3n) is 1.74. The van der Waals surface area contributed by atoms with E-state index in [1.165, 1.54) is 6.07 Å². The summed E-state index contributed by atoms with van der Waals surface area (Å²) in [6, 6.07) is 1.25. The first kappa shape index (κ1) is 8.55. The molecule has 0 saturated heterocycles. The van der Waals surface area contributed by atoms with Gasteiger partial charge in [0.05, 0.1) is 8.48 Å². The van der Waals surface area contributed by atoms with Crippen molar-refractivity contribution in [1.29, 1.82) is 0 Å². The van der Waals surface area contributed by atoms with Crippen LogP contribution in [-0.4, -0.2) is 29.3 Å². The minimum atomic E-state index is -2.28. The van der Waals surface area contributed by atoms with Crippen LogP contribution >= 0.6 is 0 Å². The Morgan fingerprint density at radius 1 is 1.67 bits per heavy atom. The molecule has 0 spiro atoms. The molecule has 0 aliphatic carbocycles. The SMILES string of the molecule is [2H][C@@H](c1ccc(O)c(O)c1)[C@]([2H])(N)C(=O)OC. The molecular formula is C10H13NO4. The van der Waals surface area contributed by atoms with Crippen LogP contribution in [0.4, 0.5) is 0 Å². The number of rotatable bonds is 3. The van der Waals surface area contributed by atoms with Gasteiger partial charge in [0.2, 0.25) is 0 Å². The second-order valence-corrected chi connectivity index (χ2v) is 2.84. The number of carbonyl (C=O) groups excluding carboxylic acids is 1. The molecule has 5 nitrogen and oxygen atoms in total. The summed E-state index contributed by atoms with van der Waals surface area (Å²) in [5.41, 5.74) is 5.52. The van der Waals surface area contributed by atoms with Gasteiger partial charge in [-0.25, -0.2) is 0 Å². The lowest BCUT2D eigenvalue weighted by Crippen LogP contribution is -2.33. The minimum Gasteiger partial charge on any atom is -0.504 e. The molecule has 82 valence electrons. The van der Waals surface area contributed by atoms with E-state index in [2.05, 4.69) is 4.74 Å². The van der Waals surface area contributed by atoms with Crippen LogP contribution in [0.5, 0.6) is 11.5 Å². The topological polar surface area (TPSA) is 92.8 Å². The number of ether oxygens (including phenoxy) is 1. The molecule has 5 heteroatoms. The number of hydrogen-bond donors (Lipinski definition) is 3. The van der Waals surface area contributed by atoms with Crippen LogP contribution in [0.25, 0.3) is 0 Å². The van der Waals surface area contributed by atoms with Gasteiger partial charge in [0.25, 0.3) is 0 Å². The van der Waals surface area contributed by atoms with E-state index in [9.17, 15) is 9.90 Å². The number of phenolic OH excluding ortho intramolecular Hbond substituents is 2. The van der Waals surface area contributed by atoms with Crippen molar-refractivity contribution in [1.82, 2.24) is 0 Å². The van der Waals surface area contributed by atoms with Crippen LogP contribution in [0.1, 0.15) is 8.30 Å². The molecule has 0 bridgehead atoms. The van der Waals surface area contributed by atoms with Crippen LogP contribution in [0.3, 0.4) is 0 Å². The molecule has 4 N–H and O–H groups in total. The van der Waals surface area contributed by atoms with E-state index in [4.69, 9.17) is 13.6 Å². The van der Waals surface area contributed by atoms with Gasteiger partial charge in [-0.15, -0.1) is 0 Å². The molecule has 0 saturated carbocycles. The zero-order valence-electron chi connectivity index (χ0n) is 10.1. The molecule has 0 unspecified atom stereocenters. The van der Waals surface area contributed by atoms with E-state index >= 15 is 0 Å². The lowest BCUT2D eigenvalue weighted by Gasteiger charge is -2.09. The Bertz CT molecular complexity index is 436. The molecule has 1 aromatic carbocycles. The Morgan fingerprint density at radius 3 is 2.87 bits per heavy atom. The van der Waals surface area contributed by atoms with Gasteiger partial charge < -0.3 is 20.7 Å². The predicted octanol–water partition coefficient (Wildman–Crippen LogP) is 0.141. The van der Waals surface area contributed by atoms with E-state index in [0.717, 1.165) is 19.2 Å². The Hall–Kier alpha value is -1.75. The Balaban J connectivity index is 3.07. The summed E-state index contributed by atoms with van der Waals surface area (Å²) in [4.78, 5) is 11.2. The van der Waals surface area contributed by atoms with Crippen LogP contribution < -0.4 is 5.73 Å². The number of hydrogen-bond acceptors (Lipinski definition) is 5. The van der Waals surface area contributed by atoms with Crippen LogP contribution in [0.15, 0.2) is 18.2 Å². The minimum absolute atomic E-state index is 0.128. The van der Waals surface area contributed by atoms with Gasteiger partial charge in [-0.1, -0.05) is 6.07 Å². The fourth-order valence-corrected chi connectivity index (χ4v) is 0.987. The summed E-state index contributed by atoms with van der Waals surface area (Å²) in [5, 5.41) is 18.4. The zero-order chi connectivity index (χ0) is 13.2. The fraction of sp³-hybridized carbons (Fsp3) is 0.300. The lowest BCUT2D eigenvalue weighted by atomic mass is 10.1. The molecule has 1 aromatic rings. The van der Waals surface area contributed by atoms with Crippen molar-refractivity contribution in [2.24, 2.45) is 5.73 Å². The zero-order valence-corrected chi connectivity index (χ0v) is 8.10. The second-order valence-electron chi connectivity index (χ2n) is 2.84. The number of esters is 1. The molecule has 15 heavy (non-hydrogen) atoms. The molecule has 0 aliphatic rings. The predicted molar refractivity (Wildman–Crippen MR) is 53.5 cm³/mol. The number of aromatic hydroxyl groups is 2. The highest BCUT2D eigenvalue weighted by Crippen LogP contribution is 2.25. The number of carbonyl (C=O) groups is 1. The summed E-state index contributed by atoms with van der Waals surface area (Å²) in [5.74, 6) is -1.85. The van der Waals surface area contributed by atoms with E-state index in [-0.39, 0.29) is 11.3 Å². The van der Waals surface area contributed by atoms with Gasteiger partial charge in [-0.3, -0.25) is 4.79 Å². The summed E-state index contributed by atoms with van der Waals surface area (Å²) < 4.78 is 19.6. The third-order valence-corrected chi connectivity index (χ3v) is 1.74. The summed E-state index contributed by atoms with van der Waals surface area (Å²) in [6.45, 7) is 0. The van der Waals surface area contributed by atoms with Crippen LogP contribution in [0.2, 0.25) is 0 Å². The number of phenols is 2. The maximum atomic E-state index is 11.2. The second kappa shape index (κ2) is 4.65. The van der Waals surface area contributed by atoms with Gasteiger partial charge >= 0.3 is 5.97 Å². The van der Waals surface area contributed by atoms with E-state index < -0.39 is 24.1 Å². The molecule has 0 fully saturated rings. The van der Waals surface area contributed by atoms with Gasteiger partial charge in [-0.05, 0) is 24.1 Å². The van der Waals surface area contributed by atoms with Gasteiger partial charge in [0, 0.05) is 1.37 Å². The Kier molecular flexibility index (Phi) is 2.65. The molecule has 0 heterocycles. The monoisotopic (exact) mass is 213 g/mol. The summed E-state index contributed by atoms with van der Waals surface area (Å²) >= 11 is 0. The Morgan fingerprint density at radius 2 is 2.33 bits per heavy atom. The van der Waals surface area contributed by atoms with Crippen molar-refractivity contribution in [3.63, 3.8) is 0 Å². The molecule has 2 atom stereocenters. The average Bonchev–Trinajstić information content (AvgIpc) is 2.30. The number of benzene rings is 1. The summed E-state index contributed by atoms with van der Waals surface area (Å²) in [7, 11) is 1.07. The number of methoxy groups -OCH3 is 1. The first-order valence-electron chi connectivity index (χ1n) is 5.20. The molecule has 0 amide bonds. The van der Waals surface area contributed by atoms with Gasteiger partial charge in [0.15, 0.2) is 11.5 Å². The van der Waals surface area contributed by atoms with E-state index in [1.807, 2.05) is 0 Å². The van der Waals surface area contributed by atoms with Crippen LogP contribution in [0, 0.1) is 0 Å². The van der Waals surface area contributed by atoms with Crippen molar-refractivity contribution < 1.29 is 22.5 Å². The highest BCUT2D eigenvalue weighted by Gasteiger charge is 2.14. The first-order valence-corrected chi connectivity index (χ1v) is 4.12. The fourth-order valence-electron chi connectivity index (χ4n) is 0.987. The van der Waals surface area contributed by atoms with Crippen molar-refractivity contribution in [2.75, 3.05) is 7.11 Å². The van der Waals surface area contributed by atoms with Crippen LogP contribution in [-0.2, 0) is 15.9 Å². The smallest absolute Gasteiger partial charge is 0.322 e. The lowest BCUT2D eigenvalue weighted by molar-refractivity contribution is -0.142. The number of nitrogens with two attached hydrogens (primary N) is 1. The van der Waals surface area contributed by atoms with Crippen molar-refractivity contribution >= 4 is 5.97 Å². The van der Waals surface area contributed by atoms with Gasteiger partial charge in [-0.2, -0.15) is 0 Å². The first-order chi connectivity index (χ1) is 7.80. The molecule has 1 rings (SSSR count). The third kappa shape index (κ3) is 2.85. The molecule has 0 aromatic heterocycles. The maximum absolute atomic E-state index is 11.2. The largest absolute Gasteiger partial charge is 0.504 e. The normalized spacial score (nSPS) is 18.3. The van der Waals surface area contributed by atoms with E-state index in [1.54, 1.807) is 0 Å². The highest BCUT2D eigenvalue weighted by molar-refractivity contribution is 5.75. The average molecular weight is 213 g/mol. The molecule has 0 aliphatic heterocycles. The standard InChI is InChI=1S/C10H13NO4/c1-15-10(14)7(11)4-6-2-3-8(12)9(13)5-6/h2-3,5,7,12-13H,4,11H2,1H3/t7-/m0/s1/i4D,7D/t4-,7-. The quantitative estimate of drug-likeness (QED) is 0.490. The van der Waals surface area contributed by atoms with E-state index in [0.29, 0.717) is 0 Å². The van der Waals surface area contributed by atoms with Gasteiger partial charge in [0.1, 0.15) is 6.02 Å². The summed E-state index contributed by atoms with van der Waals surface area (Å²) in [6.07, 6.45) is -1.44.